The van der Waals surface area contributed by atoms with Crippen molar-refractivity contribution < 1.29 is 9.59 Å². The van der Waals surface area contributed by atoms with E-state index in [1.165, 1.54) is 17.3 Å². The van der Waals surface area contributed by atoms with Crippen molar-refractivity contribution in [2.45, 2.75) is 24.8 Å². The van der Waals surface area contributed by atoms with Crippen LogP contribution in [-0.4, -0.2) is 17.6 Å². The van der Waals surface area contributed by atoms with E-state index in [1.54, 1.807) is 0 Å². The van der Waals surface area contributed by atoms with Crippen LogP contribution in [0.1, 0.15) is 16.7 Å². The third kappa shape index (κ3) is 4.13. The third-order valence-electron chi connectivity index (χ3n) is 3.65. The molecule has 4 nitrogen and oxygen atoms in total. The molecule has 0 saturated carbocycles. The fourth-order valence-electron chi connectivity index (χ4n) is 2.39. The van der Waals surface area contributed by atoms with Crippen molar-refractivity contribution in [3.05, 3.63) is 59.2 Å². The van der Waals surface area contributed by atoms with Gasteiger partial charge in [0, 0.05) is 11.4 Å². The molecule has 5 heteroatoms. The van der Waals surface area contributed by atoms with E-state index in [2.05, 4.69) is 10.6 Å². The lowest BCUT2D eigenvalue weighted by molar-refractivity contribution is -0.120. The molecule has 0 bridgehead atoms. The Morgan fingerprint density at radius 2 is 1.91 bits per heavy atom. The molecule has 2 N–H and O–H groups in total. The molecule has 2 aromatic carbocycles. The summed E-state index contributed by atoms with van der Waals surface area (Å²) in [6.45, 7) is 2.48. The van der Waals surface area contributed by atoms with E-state index in [-0.39, 0.29) is 11.8 Å². The van der Waals surface area contributed by atoms with Crippen LogP contribution in [0.2, 0.25) is 0 Å². The summed E-state index contributed by atoms with van der Waals surface area (Å²) in [5, 5.41) is 5.78. The molecule has 0 fully saturated rings. The van der Waals surface area contributed by atoms with Gasteiger partial charge >= 0.3 is 0 Å². The van der Waals surface area contributed by atoms with Crippen LogP contribution < -0.4 is 10.6 Å². The molecule has 2 aromatic rings. The summed E-state index contributed by atoms with van der Waals surface area (Å²) < 4.78 is 0. The van der Waals surface area contributed by atoms with Crippen LogP contribution in [-0.2, 0) is 22.6 Å². The van der Waals surface area contributed by atoms with E-state index in [0.29, 0.717) is 18.7 Å². The SMILES string of the molecule is Cc1ccc(CC(=O)NCc2ccc3c(c2)NC(=O)CS3)cc1. The van der Waals surface area contributed by atoms with Crippen molar-refractivity contribution in [2.24, 2.45) is 0 Å². The fraction of sp³-hybridized carbons (Fsp3) is 0.222. The van der Waals surface area contributed by atoms with Crippen LogP contribution in [0.15, 0.2) is 47.4 Å². The van der Waals surface area contributed by atoms with Crippen molar-refractivity contribution in [2.75, 3.05) is 11.1 Å². The summed E-state index contributed by atoms with van der Waals surface area (Å²) >= 11 is 1.53. The second-order valence-electron chi connectivity index (χ2n) is 5.61. The summed E-state index contributed by atoms with van der Waals surface area (Å²) in [7, 11) is 0. The summed E-state index contributed by atoms with van der Waals surface area (Å²) in [5.41, 5.74) is 3.99. The highest BCUT2D eigenvalue weighted by Crippen LogP contribution is 2.31. The molecule has 1 aliphatic rings. The summed E-state index contributed by atoms with van der Waals surface area (Å²) in [6.07, 6.45) is 0.373. The van der Waals surface area contributed by atoms with Gasteiger partial charge in [-0.1, -0.05) is 35.9 Å². The van der Waals surface area contributed by atoms with Crippen molar-refractivity contribution in [1.29, 1.82) is 0 Å². The number of amides is 2. The molecule has 0 saturated heterocycles. The van der Waals surface area contributed by atoms with Crippen molar-refractivity contribution in [3.63, 3.8) is 0 Å². The molecule has 0 aromatic heterocycles. The number of hydrogen-bond acceptors (Lipinski definition) is 3. The van der Waals surface area contributed by atoms with E-state index in [1.807, 2.05) is 49.4 Å². The van der Waals surface area contributed by atoms with Gasteiger partial charge in [-0.25, -0.2) is 0 Å². The van der Waals surface area contributed by atoms with Crippen LogP contribution in [0, 0.1) is 6.92 Å². The second-order valence-corrected chi connectivity index (χ2v) is 6.62. The number of nitrogens with one attached hydrogen (secondary N) is 2. The standard InChI is InChI=1S/C18H18N2O2S/c1-12-2-4-13(5-3-12)9-17(21)19-10-14-6-7-16-15(8-14)20-18(22)11-23-16/h2-8H,9-11H2,1H3,(H,19,21)(H,20,22). The highest BCUT2D eigenvalue weighted by atomic mass is 32.2. The van der Waals surface area contributed by atoms with Gasteiger partial charge in [0.2, 0.25) is 11.8 Å². The monoisotopic (exact) mass is 326 g/mol. The van der Waals surface area contributed by atoms with Crippen molar-refractivity contribution in [3.8, 4) is 0 Å². The highest BCUT2D eigenvalue weighted by molar-refractivity contribution is 8.00. The number of benzene rings is 2. The van der Waals surface area contributed by atoms with E-state index in [4.69, 9.17) is 0 Å². The molecule has 3 rings (SSSR count). The van der Waals surface area contributed by atoms with Crippen LogP contribution in [0.4, 0.5) is 5.69 Å². The minimum atomic E-state index is -0.00927. The van der Waals surface area contributed by atoms with Crippen LogP contribution in [0.25, 0.3) is 0 Å². The molecule has 1 heterocycles. The predicted octanol–water partition coefficient (Wildman–Crippen LogP) is 2.90. The molecule has 23 heavy (non-hydrogen) atoms. The van der Waals surface area contributed by atoms with Gasteiger partial charge in [0.15, 0.2) is 0 Å². The Labute approximate surface area is 139 Å². The van der Waals surface area contributed by atoms with Gasteiger partial charge < -0.3 is 10.6 Å². The van der Waals surface area contributed by atoms with E-state index in [0.717, 1.165) is 21.7 Å². The lowest BCUT2D eigenvalue weighted by Crippen LogP contribution is -2.25. The molecule has 2 amide bonds. The Morgan fingerprint density at radius 3 is 2.70 bits per heavy atom. The topological polar surface area (TPSA) is 58.2 Å². The molecule has 0 aliphatic carbocycles. The van der Waals surface area contributed by atoms with E-state index < -0.39 is 0 Å². The first-order valence-electron chi connectivity index (χ1n) is 7.48. The molecular formula is C18H18N2O2S. The third-order valence-corrected chi connectivity index (χ3v) is 4.73. The largest absolute Gasteiger partial charge is 0.352 e. The summed E-state index contributed by atoms with van der Waals surface area (Å²) in [4.78, 5) is 24.5. The Bertz CT molecular complexity index is 741. The van der Waals surface area contributed by atoms with Gasteiger partial charge in [0.25, 0.3) is 0 Å². The molecule has 118 valence electrons. The number of carbonyl (C=O) groups excluding carboxylic acids is 2. The minimum Gasteiger partial charge on any atom is -0.352 e. The maximum Gasteiger partial charge on any atom is 0.234 e. The van der Waals surface area contributed by atoms with Gasteiger partial charge in [-0.15, -0.1) is 11.8 Å². The Balaban J connectivity index is 1.57. The quantitative estimate of drug-likeness (QED) is 0.908. The van der Waals surface area contributed by atoms with E-state index >= 15 is 0 Å². The molecule has 0 spiro atoms. The van der Waals surface area contributed by atoms with Crippen LogP contribution in [0.5, 0.6) is 0 Å². The zero-order valence-electron chi connectivity index (χ0n) is 12.9. The molecule has 1 aliphatic heterocycles. The lowest BCUT2D eigenvalue weighted by atomic mass is 10.1. The predicted molar refractivity (Wildman–Crippen MR) is 92.5 cm³/mol. The van der Waals surface area contributed by atoms with Crippen molar-refractivity contribution >= 4 is 29.3 Å². The number of rotatable bonds is 4. The molecule has 0 radical (unpaired) electrons. The van der Waals surface area contributed by atoms with Crippen LogP contribution in [0.3, 0.4) is 0 Å². The van der Waals surface area contributed by atoms with Gasteiger partial charge in [-0.05, 0) is 30.2 Å². The first-order chi connectivity index (χ1) is 11.1. The second kappa shape index (κ2) is 6.87. The Kier molecular flexibility index (Phi) is 4.67. The number of hydrogen-bond donors (Lipinski definition) is 2. The highest BCUT2D eigenvalue weighted by Gasteiger charge is 2.15. The van der Waals surface area contributed by atoms with Gasteiger partial charge in [0.05, 0.1) is 17.9 Å². The average Bonchev–Trinajstić information content (AvgIpc) is 2.54. The molecular weight excluding hydrogens is 308 g/mol. The van der Waals surface area contributed by atoms with Gasteiger partial charge in [-0.2, -0.15) is 0 Å². The van der Waals surface area contributed by atoms with Gasteiger partial charge in [-0.3, -0.25) is 9.59 Å². The Morgan fingerprint density at radius 1 is 1.17 bits per heavy atom. The summed E-state index contributed by atoms with van der Waals surface area (Å²) in [5.74, 6) is 0.465. The zero-order valence-corrected chi connectivity index (χ0v) is 13.7. The maximum absolute atomic E-state index is 12.0. The number of aryl methyl sites for hydroxylation is 1. The fourth-order valence-corrected chi connectivity index (χ4v) is 3.18. The smallest absolute Gasteiger partial charge is 0.234 e. The van der Waals surface area contributed by atoms with Crippen molar-refractivity contribution in [1.82, 2.24) is 5.32 Å². The number of carbonyl (C=O) groups is 2. The maximum atomic E-state index is 12.0. The van der Waals surface area contributed by atoms with Crippen LogP contribution >= 0.6 is 11.8 Å². The minimum absolute atomic E-state index is 0.00927. The van der Waals surface area contributed by atoms with Gasteiger partial charge in [0.1, 0.15) is 0 Å². The molecule has 0 atom stereocenters. The zero-order chi connectivity index (χ0) is 16.2. The van der Waals surface area contributed by atoms with E-state index in [9.17, 15) is 9.59 Å². The Hall–Kier alpha value is -2.27. The first-order valence-corrected chi connectivity index (χ1v) is 8.46. The number of fused-ring (bicyclic) bond motifs is 1. The average molecular weight is 326 g/mol. The molecule has 0 unspecified atom stereocenters. The number of thioether (sulfide) groups is 1. The first kappa shape index (κ1) is 15.6. The normalized spacial score (nSPS) is 13.2. The number of anilines is 1. The summed E-state index contributed by atoms with van der Waals surface area (Å²) in [6, 6.07) is 13.8. The lowest BCUT2D eigenvalue weighted by Gasteiger charge is -2.17.